The lowest BCUT2D eigenvalue weighted by atomic mass is 9.97. The second-order valence-corrected chi connectivity index (χ2v) is 9.34. The summed E-state index contributed by atoms with van der Waals surface area (Å²) in [4.78, 5) is 23.4. The first kappa shape index (κ1) is 23.7. The molecule has 0 spiro atoms. The van der Waals surface area contributed by atoms with Gasteiger partial charge < -0.3 is 20.0 Å². The number of hydrogen-bond donors (Lipinski definition) is 3. The van der Waals surface area contributed by atoms with Crippen molar-refractivity contribution >= 4 is 21.8 Å². The van der Waals surface area contributed by atoms with Crippen molar-refractivity contribution in [3.8, 4) is 28.1 Å². The summed E-state index contributed by atoms with van der Waals surface area (Å²) in [7, 11) is 1.68. The largest absolute Gasteiger partial charge is 0.497 e. The van der Waals surface area contributed by atoms with Crippen LogP contribution in [0.1, 0.15) is 11.1 Å². The van der Waals surface area contributed by atoms with Crippen LogP contribution in [0.5, 0.6) is 5.75 Å². The molecule has 6 nitrogen and oxygen atoms in total. The Kier molecular flexibility index (Phi) is 6.46. The van der Waals surface area contributed by atoms with Crippen LogP contribution in [0.15, 0.2) is 102 Å². The highest BCUT2D eigenvalue weighted by Gasteiger charge is 2.13. The standard InChI is InChI=1S/C32H28N4O2/c1-38-25-11-12-26-24(20-35-30(26)17-25)13-15-33-19-21-7-9-23(10-8-21)31-27(22-5-3-2-4-6-22)18-28-29(36-31)14-16-34-32(28)37/h2-12,14,16-18,20,33,35H,13,15,19H2,1H3,(H,34,37). The Labute approximate surface area is 220 Å². The molecule has 188 valence electrons. The van der Waals surface area contributed by atoms with E-state index in [0.717, 1.165) is 53.2 Å². The van der Waals surface area contributed by atoms with Gasteiger partial charge in [0, 0.05) is 47.0 Å². The summed E-state index contributed by atoms with van der Waals surface area (Å²) in [5, 5.41) is 5.38. The van der Waals surface area contributed by atoms with E-state index in [4.69, 9.17) is 9.72 Å². The van der Waals surface area contributed by atoms with Crippen molar-refractivity contribution in [1.82, 2.24) is 20.3 Å². The van der Waals surface area contributed by atoms with Crippen molar-refractivity contribution in [3.63, 3.8) is 0 Å². The molecule has 0 saturated carbocycles. The smallest absolute Gasteiger partial charge is 0.257 e. The first-order chi connectivity index (χ1) is 18.7. The van der Waals surface area contributed by atoms with Crippen LogP contribution in [0.25, 0.3) is 44.2 Å². The van der Waals surface area contributed by atoms with Crippen molar-refractivity contribution < 1.29 is 4.74 Å². The molecule has 0 aliphatic rings. The van der Waals surface area contributed by atoms with Crippen LogP contribution >= 0.6 is 0 Å². The minimum Gasteiger partial charge on any atom is -0.497 e. The van der Waals surface area contributed by atoms with Crippen LogP contribution in [0.4, 0.5) is 0 Å². The highest BCUT2D eigenvalue weighted by atomic mass is 16.5. The molecule has 3 heterocycles. The number of benzene rings is 3. The number of pyridine rings is 2. The molecule has 6 rings (SSSR count). The van der Waals surface area contributed by atoms with Gasteiger partial charge in [0.1, 0.15) is 5.75 Å². The molecule has 0 unspecified atom stereocenters. The average Bonchev–Trinajstić information content (AvgIpc) is 3.38. The molecule has 6 heteroatoms. The number of H-pyrrole nitrogens is 2. The van der Waals surface area contributed by atoms with Crippen molar-refractivity contribution in [2.45, 2.75) is 13.0 Å². The average molecular weight is 501 g/mol. The summed E-state index contributed by atoms with van der Waals surface area (Å²) in [5.74, 6) is 0.857. The molecular weight excluding hydrogens is 472 g/mol. The molecule has 0 saturated heterocycles. The van der Waals surface area contributed by atoms with Gasteiger partial charge in [-0.3, -0.25) is 4.79 Å². The summed E-state index contributed by atoms with van der Waals surface area (Å²) >= 11 is 0. The molecule has 0 fully saturated rings. The molecule has 3 N–H and O–H groups in total. The molecule has 3 aromatic heterocycles. The maximum absolute atomic E-state index is 12.4. The molecule has 0 aliphatic carbocycles. The van der Waals surface area contributed by atoms with Crippen LogP contribution in [-0.2, 0) is 13.0 Å². The van der Waals surface area contributed by atoms with Gasteiger partial charge in [-0.1, -0.05) is 54.6 Å². The third-order valence-corrected chi connectivity index (χ3v) is 6.94. The summed E-state index contributed by atoms with van der Waals surface area (Å²) in [6.07, 6.45) is 4.66. The second kappa shape index (κ2) is 10.4. The van der Waals surface area contributed by atoms with Crippen LogP contribution in [0.2, 0.25) is 0 Å². The molecule has 0 aliphatic heterocycles. The predicted octanol–water partition coefficient (Wildman–Crippen LogP) is 6.08. The Morgan fingerprint density at radius 1 is 0.868 bits per heavy atom. The van der Waals surface area contributed by atoms with Crippen molar-refractivity contribution in [2.24, 2.45) is 0 Å². The summed E-state index contributed by atoms with van der Waals surface area (Å²) in [6.45, 7) is 1.65. The molecule has 0 amide bonds. The number of ether oxygens (including phenoxy) is 1. The Morgan fingerprint density at radius 2 is 1.71 bits per heavy atom. The van der Waals surface area contributed by atoms with Crippen LogP contribution in [0.3, 0.4) is 0 Å². The zero-order chi connectivity index (χ0) is 25.9. The Morgan fingerprint density at radius 3 is 2.53 bits per heavy atom. The maximum Gasteiger partial charge on any atom is 0.257 e. The van der Waals surface area contributed by atoms with Gasteiger partial charge in [-0.25, -0.2) is 4.98 Å². The van der Waals surface area contributed by atoms with E-state index in [2.05, 4.69) is 51.8 Å². The van der Waals surface area contributed by atoms with Crippen LogP contribution in [0, 0.1) is 0 Å². The van der Waals surface area contributed by atoms with E-state index >= 15 is 0 Å². The summed E-state index contributed by atoms with van der Waals surface area (Å²) in [5.41, 5.74) is 8.00. The highest BCUT2D eigenvalue weighted by Crippen LogP contribution is 2.32. The SMILES string of the molecule is COc1ccc2c(CCNCc3ccc(-c4nc5cc[nH]c(=O)c5cc4-c4ccccc4)cc3)c[nH]c2c1. The molecule has 6 aromatic rings. The van der Waals surface area contributed by atoms with Gasteiger partial charge in [-0.05, 0) is 53.9 Å². The topological polar surface area (TPSA) is 82.8 Å². The minimum atomic E-state index is -0.132. The number of aromatic amines is 2. The fraction of sp³-hybridized carbons (Fsp3) is 0.125. The zero-order valence-corrected chi connectivity index (χ0v) is 21.1. The molecule has 38 heavy (non-hydrogen) atoms. The number of hydrogen-bond acceptors (Lipinski definition) is 4. The first-order valence-corrected chi connectivity index (χ1v) is 12.7. The van der Waals surface area contributed by atoms with Crippen LogP contribution in [-0.4, -0.2) is 28.6 Å². The van der Waals surface area contributed by atoms with Crippen molar-refractivity contribution in [1.29, 1.82) is 0 Å². The fourth-order valence-corrected chi connectivity index (χ4v) is 4.90. The highest BCUT2D eigenvalue weighted by molar-refractivity contribution is 5.91. The van der Waals surface area contributed by atoms with E-state index in [1.165, 1.54) is 16.5 Å². The van der Waals surface area contributed by atoms with Gasteiger partial charge in [-0.2, -0.15) is 0 Å². The van der Waals surface area contributed by atoms with Crippen molar-refractivity contribution in [3.05, 3.63) is 119 Å². The van der Waals surface area contributed by atoms with E-state index in [9.17, 15) is 4.79 Å². The normalized spacial score (nSPS) is 11.3. The van der Waals surface area contributed by atoms with Gasteiger partial charge >= 0.3 is 0 Å². The quantitative estimate of drug-likeness (QED) is 0.221. The lowest BCUT2D eigenvalue weighted by molar-refractivity contribution is 0.415. The van der Waals surface area contributed by atoms with Gasteiger partial charge in [0.15, 0.2) is 0 Å². The third kappa shape index (κ3) is 4.69. The predicted molar refractivity (Wildman–Crippen MR) is 153 cm³/mol. The van der Waals surface area contributed by atoms with E-state index in [0.29, 0.717) is 10.9 Å². The molecule has 0 bridgehead atoms. The lowest BCUT2D eigenvalue weighted by Gasteiger charge is -2.12. The number of nitrogens with one attached hydrogen (secondary N) is 3. The Bertz CT molecular complexity index is 1770. The number of nitrogens with zero attached hydrogens (tertiary/aromatic N) is 1. The number of aromatic nitrogens is 3. The minimum absolute atomic E-state index is 0.132. The van der Waals surface area contributed by atoms with Gasteiger partial charge in [0.05, 0.1) is 23.7 Å². The molecule has 0 radical (unpaired) electrons. The van der Waals surface area contributed by atoms with Crippen LogP contribution < -0.4 is 15.6 Å². The summed E-state index contributed by atoms with van der Waals surface area (Å²) in [6, 6.07) is 28.5. The van der Waals surface area contributed by atoms with Gasteiger partial charge in [-0.15, -0.1) is 0 Å². The first-order valence-electron chi connectivity index (χ1n) is 12.7. The number of methoxy groups -OCH3 is 1. The van der Waals surface area contributed by atoms with E-state index < -0.39 is 0 Å². The van der Waals surface area contributed by atoms with Gasteiger partial charge in [0.2, 0.25) is 0 Å². The monoisotopic (exact) mass is 500 g/mol. The Hall–Kier alpha value is -4.68. The second-order valence-electron chi connectivity index (χ2n) is 9.34. The molecular formula is C32H28N4O2. The number of fused-ring (bicyclic) bond motifs is 2. The molecule has 0 atom stereocenters. The van der Waals surface area contributed by atoms with Crippen molar-refractivity contribution in [2.75, 3.05) is 13.7 Å². The lowest BCUT2D eigenvalue weighted by Crippen LogP contribution is -2.16. The third-order valence-electron chi connectivity index (χ3n) is 6.94. The Balaban J connectivity index is 1.18. The summed E-state index contributed by atoms with van der Waals surface area (Å²) < 4.78 is 5.32. The van der Waals surface area contributed by atoms with E-state index in [-0.39, 0.29) is 5.56 Å². The fourth-order valence-electron chi connectivity index (χ4n) is 4.90. The number of rotatable bonds is 8. The maximum atomic E-state index is 12.4. The molecule has 3 aromatic carbocycles. The van der Waals surface area contributed by atoms with E-state index in [1.54, 1.807) is 13.3 Å². The van der Waals surface area contributed by atoms with Gasteiger partial charge in [0.25, 0.3) is 5.56 Å². The van der Waals surface area contributed by atoms with E-state index in [1.807, 2.05) is 54.6 Å². The zero-order valence-electron chi connectivity index (χ0n) is 21.1.